The highest BCUT2D eigenvalue weighted by atomic mass is 35.5. The first-order chi connectivity index (χ1) is 9.24. The summed E-state index contributed by atoms with van der Waals surface area (Å²) in [6.45, 7) is 2.22. The van der Waals surface area contributed by atoms with Gasteiger partial charge < -0.3 is 4.89 Å². The molecule has 0 heterocycles. The maximum Gasteiger partial charge on any atom is 0.176 e. The van der Waals surface area contributed by atoms with E-state index in [-0.39, 0.29) is 0 Å². The molecule has 0 fully saturated rings. The van der Waals surface area contributed by atoms with Crippen LogP contribution in [0.25, 0.3) is 11.1 Å². The summed E-state index contributed by atoms with van der Waals surface area (Å²) >= 11 is 5.86. The van der Waals surface area contributed by atoms with Gasteiger partial charge in [0.05, 0.1) is 12.2 Å². The third-order valence-electron chi connectivity index (χ3n) is 2.58. The van der Waals surface area contributed by atoms with Crippen LogP contribution in [0.3, 0.4) is 0 Å². The van der Waals surface area contributed by atoms with Gasteiger partial charge in [-0.1, -0.05) is 29.8 Å². The second kappa shape index (κ2) is 6.36. The van der Waals surface area contributed by atoms with Crippen molar-refractivity contribution in [2.75, 3.05) is 6.61 Å². The number of halogens is 1. The molecule has 2 aromatic carbocycles. The van der Waals surface area contributed by atoms with Gasteiger partial charge in [0, 0.05) is 5.02 Å². The van der Waals surface area contributed by atoms with Crippen LogP contribution in [-0.4, -0.2) is 12.9 Å². The fraction of sp³-hybridized carbons (Fsp3) is 0.133. The molecule has 0 amide bonds. The zero-order valence-electron chi connectivity index (χ0n) is 10.4. The number of carbonyl (C=O) groups is 1. The van der Waals surface area contributed by atoms with Crippen LogP contribution in [0.2, 0.25) is 5.02 Å². The molecule has 0 radical (unpaired) electrons. The molecule has 2 rings (SSSR count). The Labute approximate surface area is 116 Å². The summed E-state index contributed by atoms with van der Waals surface area (Å²) in [7, 11) is 0. The minimum Gasteiger partial charge on any atom is -0.337 e. The Kier molecular flexibility index (Phi) is 4.55. The number of aldehydes is 1. The molecule has 0 N–H and O–H groups in total. The van der Waals surface area contributed by atoms with Gasteiger partial charge in [0.2, 0.25) is 0 Å². The van der Waals surface area contributed by atoms with Crippen molar-refractivity contribution in [3.8, 4) is 16.9 Å². The molecule has 3 nitrogen and oxygen atoms in total. The Morgan fingerprint density at radius 1 is 1.11 bits per heavy atom. The monoisotopic (exact) mass is 276 g/mol. The topological polar surface area (TPSA) is 35.5 Å². The molecule has 0 aliphatic heterocycles. The Hall–Kier alpha value is -1.84. The summed E-state index contributed by atoms with van der Waals surface area (Å²) in [5.74, 6) is 0.407. The van der Waals surface area contributed by atoms with Gasteiger partial charge in [-0.05, 0) is 42.3 Å². The second-order valence-corrected chi connectivity index (χ2v) is 4.30. The third kappa shape index (κ3) is 3.34. The van der Waals surface area contributed by atoms with Gasteiger partial charge in [-0.15, -0.1) is 0 Å². The lowest BCUT2D eigenvalue weighted by molar-refractivity contribution is -0.202. The average Bonchev–Trinajstić information content (AvgIpc) is 2.45. The normalized spacial score (nSPS) is 10.2. The highest BCUT2D eigenvalue weighted by Gasteiger charge is 2.07. The quantitative estimate of drug-likeness (QED) is 0.467. The van der Waals surface area contributed by atoms with Gasteiger partial charge >= 0.3 is 0 Å². The summed E-state index contributed by atoms with van der Waals surface area (Å²) in [5.41, 5.74) is 2.37. The Bertz CT molecular complexity index is 564. The van der Waals surface area contributed by atoms with E-state index in [1.54, 1.807) is 12.1 Å². The van der Waals surface area contributed by atoms with Crippen molar-refractivity contribution in [3.63, 3.8) is 0 Å². The summed E-state index contributed by atoms with van der Waals surface area (Å²) in [4.78, 5) is 20.9. The summed E-state index contributed by atoms with van der Waals surface area (Å²) in [6, 6.07) is 12.8. The van der Waals surface area contributed by atoms with E-state index in [1.807, 2.05) is 37.3 Å². The number of rotatable bonds is 5. The van der Waals surface area contributed by atoms with Gasteiger partial charge in [0.15, 0.2) is 12.0 Å². The lowest BCUT2D eigenvalue weighted by Gasteiger charge is -2.08. The van der Waals surface area contributed by atoms with Crippen molar-refractivity contribution in [1.82, 2.24) is 0 Å². The van der Waals surface area contributed by atoms with Gasteiger partial charge in [0.25, 0.3) is 0 Å². The maximum absolute atomic E-state index is 10.9. The molecule has 98 valence electrons. The molecule has 0 spiro atoms. The number of hydrogen-bond donors (Lipinski definition) is 0. The first-order valence-corrected chi connectivity index (χ1v) is 6.27. The van der Waals surface area contributed by atoms with E-state index in [9.17, 15) is 4.79 Å². The molecule has 0 aromatic heterocycles. The molecule has 0 saturated carbocycles. The lowest BCUT2D eigenvalue weighted by atomic mass is 10.0. The van der Waals surface area contributed by atoms with Crippen LogP contribution in [0.5, 0.6) is 5.75 Å². The largest absolute Gasteiger partial charge is 0.337 e. The fourth-order valence-electron chi connectivity index (χ4n) is 1.65. The van der Waals surface area contributed by atoms with Gasteiger partial charge in [-0.3, -0.25) is 4.79 Å². The van der Waals surface area contributed by atoms with Crippen molar-refractivity contribution in [2.24, 2.45) is 0 Å². The van der Waals surface area contributed by atoms with Crippen LogP contribution in [0, 0.1) is 0 Å². The third-order valence-corrected chi connectivity index (χ3v) is 2.84. The van der Waals surface area contributed by atoms with E-state index in [4.69, 9.17) is 21.4 Å². The van der Waals surface area contributed by atoms with Crippen LogP contribution in [0.1, 0.15) is 17.3 Å². The molecule has 0 atom stereocenters. The molecular weight excluding hydrogens is 264 g/mol. The number of hydrogen-bond acceptors (Lipinski definition) is 3. The van der Waals surface area contributed by atoms with E-state index in [1.165, 1.54) is 0 Å². The predicted octanol–water partition coefficient (Wildman–Crippen LogP) is 4.15. The molecule has 0 aliphatic carbocycles. The smallest absolute Gasteiger partial charge is 0.176 e. The van der Waals surface area contributed by atoms with Crippen molar-refractivity contribution in [3.05, 3.63) is 53.1 Å². The minimum atomic E-state index is 0.406. The Morgan fingerprint density at radius 3 is 2.42 bits per heavy atom. The van der Waals surface area contributed by atoms with Gasteiger partial charge in [-0.2, -0.15) is 4.89 Å². The van der Waals surface area contributed by atoms with E-state index in [0.29, 0.717) is 22.9 Å². The highest BCUT2D eigenvalue weighted by molar-refractivity contribution is 6.30. The molecule has 0 aliphatic rings. The zero-order chi connectivity index (χ0) is 13.7. The highest BCUT2D eigenvalue weighted by Crippen LogP contribution is 2.27. The van der Waals surface area contributed by atoms with Gasteiger partial charge in [0.1, 0.15) is 0 Å². The maximum atomic E-state index is 10.9. The molecule has 0 unspecified atom stereocenters. The van der Waals surface area contributed by atoms with Crippen LogP contribution in [0.15, 0.2) is 42.5 Å². The van der Waals surface area contributed by atoms with Crippen LogP contribution >= 0.6 is 11.6 Å². The molecule has 0 bridgehead atoms. The van der Waals surface area contributed by atoms with Crippen molar-refractivity contribution < 1.29 is 14.6 Å². The lowest BCUT2D eigenvalue weighted by Crippen LogP contribution is -1.99. The second-order valence-electron chi connectivity index (χ2n) is 3.87. The molecule has 0 saturated heterocycles. The SMILES string of the molecule is CCOOc1cc(-c2ccc(Cl)cc2)ccc1C=O. The van der Waals surface area contributed by atoms with E-state index >= 15 is 0 Å². The summed E-state index contributed by atoms with van der Waals surface area (Å²) in [5, 5.41) is 0.680. The molecule has 19 heavy (non-hydrogen) atoms. The van der Waals surface area contributed by atoms with Gasteiger partial charge in [-0.25, -0.2) is 0 Å². The van der Waals surface area contributed by atoms with Crippen LogP contribution in [-0.2, 0) is 4.89 Å². The molecular formula is C15H13ClO3. The predicted molar refractivity (Wildman–Crippen MR) is 74.5 cm³/mol. The van der Waals surface area contributed by atoms with Crippen molar-refractivity contribution in [1.29, 1.82) is 0 Å². The molecule has 2 aromatic rings. The van der Waals surface area contributed by atoms with E-state index in [2.05, 4.69) is 0 Å². The zero-order valence-corrected chi connectivity index (χ0v) is 11.2. The van der Waals surface area contributed by atoms with Crippen LogP contribution in [0.4, 0.5) is 0 Å². The summed E-state index contributed by atoms with van der Waals surface area (Å²) < 4.78 is 0. The first kappa shape index (κ1) is 13.6. The van der Waals surface area contributed by atoms with E-state index in [0.717, 1.165) is 17.4 Å². The molecule has 4 heteroatoms. The van der Waals surface area contributed by atoms with Crippen molar-refractivity contribution >= 4 is 17.9 Å². The minimum absolute atomic E-state index is 0.406. The Balaban J connectivity index is 2.36. The van der Waals surface area contributed by atoms with E-state index < -0.39 is 0 Å². The standard InChI is InChI=1S/C15H13ClO3/c1-2-18-19-15-9-12(3-4-13(15)10-17)11-5-7-14(16)8-6-11/h3-10H,2H2,1H3. The Morgan fingerprint density at radius 2 is 1.79 bits per heavy atom. The van der Waals surface area contributed by atoms with Crippen molar-refractivity contribution in [2.45, 2.75) is 6.92 Å². The van der Waals surface area contributed by atoms with Crippen LogP contribution < -0.4 is 4.89 Å². The first-order valence-electron chi connectivity index (χ1n) is 5.89. The average molecular weight is 277 g/mol. The summed E-state index contributed by atoms with van der Waals surface area (Å²) in [6.07, 6.45) is 0.736. The number of benzene rings is 2. The fourth-order valence-corrected chi connectivity index (χ4v) is 1.77. The number of carbonyl (C=O) groups excluding carboxylic acids is 1.